The number of halogens is 2. The summed E-state index contributed by atoms with van der Waals surface area (Å²) in [5.74, 6) is 1.17. The number of hydrogen-bond donors (Lipinski definition) is 1. The summed E-state index contributed by atoms with van der Waals surface area (Å²) in [7, 11) is 3.13. The number of benzene rings is 1. The fraction of sp³-hybridized carbons (Fsp3) is 0.250. The van der Waals surface area contributed by atoms with Crippen molar-refractivity contribution in [3.63, 3.8) is 0 Å². The van der Waals surface area contributed by atoms with Crippen molar-refractivity contribution in [2.45, 2.75) is 6.10 Å². The van der Waals surface area contributed by atoms with Crippen LogP contribution in [0.4, 0.5) is 0 Å². The van der Waals surface area contributed by atoms with Gasteiger partial charge in [0.25, 0.3) is 0 Å². The third-order valence-electron chi connectivity index (χ3n) is 2.53. The van der Waals surface area contributed by atoms with Gasteiger partial charge in [-0.05, 0) is 28.1 Å². The molecule has 0 aliphatic rings. The molecule has 0 aliphatic heterocycles. The molecule has 7 heteroatoms. The Morgan fingerprint density at radius 3 is 2.37 bits per heavy atom. The monoisotopic (exact) mass is 407 g/mol. The van der Waals surface area contributed by atoms with E-state index in [4.69, 9.17) is 9.47 Å². The normalized spacial score (nSPS) is 12.3. The van der Waals surface area contributed by atoms with E-state index in [0.29, 0.717) is 26.7 Å². The predicted octanol–water partition coefficient (Wildman–Crippen LogP) is 3.77. The van der Waals surface area contributed by atoms with Gasteiger partial charge in [0.1, 0.15) is 15.7 Å². The number of nitrogens with zero attached hydrogens (tertiary/aromatic N) is 1. The SMILES string of the molecule is COc1cc(Br)c(C(O)c2nc(Br)cs2)cc1OC. The highest BCUT2D eigenvalue weighted by atomic mass is 79.9. The fourth-order valence-corrected chi connectivity index (χ4v) is 3.41. The number of methoxy groups -OCH3 is 2. The van der Waals surface area contributed by atoms with Gasteiger partial charge in [-0.1, -0.05) is 15.9 Å². The van der Waals surface area contributed by atoms with Gasteiger partial charge in [-0.3, -0.25) is 0 Å². The number of aliphatic hydroxyl groups is 1. The van der Waals surface area contributed by atoms with E-state index in [1.807, 2.05) is 5.38 Å². The van der Waals surface area contributed by atoms with Crippen LogP contribution in [0.5, 0.6) is 11.5 Å². The van der Waals surface area contributed by atoms with E-state index in [1.165, 1.54) is 11.3 Å². The minimum Gasteiger partial charge on any atom is -0.493 e. The van der Waals surface area contributed by atoms with E-state index in [2.05, 4.69) is 36.8 Å². The Bertz CT molecular complexity index is 588. The van der Waals surface area contributed by atoms with Crippen molar-refractivity contribution in [1.29, 1.82) is 0 Å². The molecule has 0 amide bonds. The van der Waals surface area contributed by atoms with Crippen LogP contribution in [0.25, 0.3) is 0 Å². The molecule has 4 nitrogen and oxygen atoms in total. The van der Waals surface area contributed by atoms with E-state index in [0.717, 1.165) is 4.47 Å². The molecule has 0 bridgehead atoms. The fourth-order valence-electron chi connectivity index (χ4n) is 1.61. The minimum atomic E-state index is -0.814. The molecule has 0 fully saturated rings. The number of aliphatic hydroxyl groups excluding tert-OH is 1. The molecule has 1 aromatic carbocycles. The first-order valence-electron chi connectivity index (χ1n) is 5.27. The summed E-state index contributed by atoms with van der Waals surface area (Å²) in [6.45, 7) is 0. The minimum absolute atomic E-state index is 0.565. The molecule has 2 rings (SSSR count). The van der Waals surface area contributed by atoms with Crippen LogP contribution in [-0.4, -0.2) is 24.3 Å². The second kappa shape index (κ2) is 6.21. The maximum atomic E-state index is 10.4. The molecular formula is C12H11Br2NO3S. The first-order valence-corrected chi connectivity index (χ1v) is 7.73. The quantitative estimate of drug-likeness (QED) is 0.836. The maximum absolute atomic E-state index is 10.4. The summed E-state index contributed by atoms with van der Waals surface area (Å²) in [6, 6.07) is 3.50. The lowest BCUT2D eigenvalue weighted by Crippen LogP contribution is -2.02. The molecule has 0 aliphatic carbocycles. The zero-order chi connectivity index (χ0) is 14.0. The molecule has 0 radical (unpaired) electrons. The average Bonchev–Trinajstić information content (AvgIpc) is 2.84. The lowest BCUT2D eigenvalue weighted by atomic mass is 10.1. The number of hydrogen-bond acceptors (Lipinski definition) is 5. The molecule has 102 valence electrons. The van der Waals surface area contributed by atoms with E-state index in [1.54, 1.807) is 26.4 Å². The van der Waals surface area contributed by atoms with Gasteiger partial charge in [-0.15, -0.1) is 11.3 Å². The van der Waals surface area contributed by atoms with Gasteiger partial charge >= 0.3 is 0 Å². The molecule has 19 heavy (non-hydrogen) atoms. The summed E-state index contributed by atoms with van der Waals surface area (Å²) in [6.07, 6.45) is -0.814. The number of rotatable bonds is 4. The van der Waals surface area contributed by atoms with Gasteiger partial charge in [0.15, 0.2) is 11.5 Å². The van der Waals surface area contributed by atoms with Crippen molar-refractivity contribution in [2.24, 2.45) is 0 Å². The predicted molar refractivity (Wildman–Crippen MR) is 81.1 cm³/mol. The second-order valence-corrected chi connectivity index (χ2v) is 6.20. The van der Waals surface area contributed by atoms with Crippen LogP contribution in [0.3, 0.4) is 0 Å². The van der Waals surface area contributed by atoms with Crippen molar-refractivity contribution in [2.75, 3.05) is 14.2 Å². The molecule has 1 N–H and O–H groups in total. The highest BCUT2D eigenvalue weighted by Gasteiger charge is 2.20. The highest BCUT2D eigenvalue weighted by Crippen LogP contribution is 2.38. The van der Waals surface area contributed by atoms with Crippen molar-refractivity contribution < 1.29 is 14.6 Å². The summed E-state index contributed by atoms with van der Waals surface area (Å²) in [5.41, 5.74) is 0.680. The Balaban J connectivity index is 2.44. The summed E-state index contributed by atoms with van der Waals surface area (Å²) >= 11 is 8.08. The third kappa shape index (κ3) is 3.10. The van der Waals surface area contributed by atoms with E-state index in [-0.39, 0.29) is 0 Å². The number of ether oxygens (including phenoxy) is 2. The third-order valence-corrected chi connectivity index (χ3v) is 4.82. The highest BCUT2D eigenvalue weighted by molar-refractivity contribution is 9.10. The summed E-state index contributed by atoms with van der Waals surface area (Å²) in [5, 5.41) is 12.8. The molecular weight excluding hydrogens is 398 g/mol. The topological polar surface area (TPSA) is 51.6 Å². The van der Waals surface area contributed by atoms with Crippen LogP contribution in [-0.2, 0) is 0 Å². The van der Waals surface area contributed by atoms with E-state index >= 15 is 0 Å². The molecule has 1 atom stereocenters. The molecule has 0 spiro atoms. The van der Waals surface area contributed by atoms with Crippen molar-refractivity contribution in [3.8, 4) is 11.5 Å². The molecule has 1 heterocycles. The van der Waals surface area contributed by atoms with Gasteiger partial charge in [0, 0.05) is 15.4 Å². The van der Waals surface area contributed by atoms with Gasteiger partial charge in [0.05, 0.1) is 14.2 Å². The van der Waals surface area contributed by atoms with Crippen molar-refractivity contribution in [1.82, 2.24) is 4.98 Å². The van der Waals surface area contributed by atoms with Crippen LogP contribution in [0, 0.1) is 0 Å². The zero-order valence-corrected chi connectivity index (χ0v) is 14.2. The first-order chi connectivity index (χ1) is 9.06. The van der Waals surface area contributed by atoms with Crippen LogP contribution < -0.4 is 9.47 Å². The van der Waals surface area contributed by atoms with Gasteiger partial charge in [-0.2, -0.15) is 0 Å². The molecule has 2 aromatic rings. The second-order valence-electron chi connectivity index (χ2n) is 3.64. The zero-order valence-electron chi connectivity index (χ0n) is 10.2. The van der Waals surface area contributed by atoms with Gasteiger partial charge in [-0.25, -0.2) is 4.98 Å². The van der Waals surface area contributed by atoms with Crippen LogP contribution >= 0.6 is 43.2 Å². The Labute approximate surface area is 131 Å². The standard InChI is InChI=1S/C12H11Br2NO3S/c1-17-8-3-6(7(13)4-9(8)18-2)11(16)12-15-10(14)5-19-12/h3-5,11,16H,1-2H3. The lowest BCUT2D eigenvalue weighted by Gasteiger charge is -2.14. The van der Waals surface area contributed by atoms with Crippen LogP contribution in [0.2, 0.25) is 0 Å². The Hall–Kier alpha value is -0.630. The molecule has 0 saturated heterocycles. The maximum Gasteiger partial charge on any atom is 0.161 e. The van der Waals surface area contributed by atoms with E-state index < -0.39 is 6.10 Å². The molecule has 0 saturated carbocycles. The van der Waals surface area contributed by atoms with Crippen molar-refractivity contribution >= 4 is 43.2 Å². The average molecular weight is 409 g/mol. The van der Waals surface area contributed by atoms with Gasteiger partial charge in [0.2, 0.25) is 0 Å². The largest absolute Gasteiger partial charge is 0.493 e. The molecule has 1 unspecified atom stereocenters. The van der Waals surface area contributed by atoms with Crippen molar-refractivity contribution in [3.05, 3.63) is 37.2 Å². The summed E-state index contributed by atoms with van der Waals surface area (Å²) < 4.78 is 11.9. The number of aromatic nitrogens is 1. The summed E-state index contributed by atoms with van der Waals surface area (Å²) in [4.78, 5) is 4.22. The smallest absolute Gasteiger partial charge is 0.161 e. The number of thiazole rings is 1. The Morgan fingerprint density at radius 2 is 1.84 bits per heavy atom. The van der Waals surface area contributed by atoms with Gasteiger partial charge < -0.3 is 14.6 Å². The van der Waals surface area contributed by atoms with Crippen LogP contribution in [0.1, 0.15) is 16.7 Å². The lowest BCUT2D eigenvalue weighted by molar-refractivity contribution is 0.218. The first kappa shape index (κ1) is 14.8. The Morgan fingerprint density at radius 1 is 1.21 bits per heavy atom. The Kier molecular flexibility index (Phi) is 4.83. The molecule has 1 aromatic heterocycles. The van der Waals surface area contributed by atoms with E-state index in [9.17, 15) is 5.11 Å². The van der Waals surface area contributed by atoms with Crippen LogP contribution in [0.15, 0.2) is 26.6 Å².